The minimum absolute atomic E-state index is 0.0331. The first-order valence-corrected chi connectivity index (χ1v) is 7.91. The number of hydrogen-bond acceptors (Lipinski definition) is 3. The number of hydrogen-bond donors (Lipinski definition) is 1. The maximum Gasteiger partial charge on any atom is 0.227 e. The molecule has 5 heteroatoms. The minimum atomic E-state index is -0.125. The second kappa shape index (κ2) is 7.05. The number of carbonyl (C=O) groups excluding carboxylic acids is 1. The lowest BCUT2D eigenvalue weighted by Gasteiger charge is -2.16. The van der Waals surface area contributed by atoms with Crippen LogP contribution in [0.15, 0.2) is 54.7 Å². The molecule has 0 radical (unpaired) electrons. The number of aromatic nitrogens is 3. The zero-order valence-electron chi connectivity index (χ0n) is 13.1. The van der Waals surface area contributed by atoms with Gasteiger partial charge in [0, 0.05) is 6.20 Å². The van der Waals surface area contributed by atoms with E-state index in [1.165, 1.54) is 0 Å². The molecule has 0 bridgehead atoms. The Labute approximate surface area is 135 Å². The third kappa shape index (κ3) is 3.39. The second-order valence-electron chi connectivity index (χ2n) is 5.51. The fourth-order valence-electron chi connectivity index (χ4n) is 2.72. The van der Waals surface area contributed by atoms with Crippen LogP contribution in [0.2, 0.25) is 0 Å². The highest BCUT2D eigenvalue weighted by molar-refractivity contribution is 5.83. The minimum Gasteiger partial charge on any atom is -0.348 e. The smallest absolute Gasteiger partial charge is 0.227 e. The summed E-state index contributed by atoms with van der Waals surface area (Å²) in [6, 6.07) is 15.6. The Kier molecular flexibility index (Phi) is 4.66. The molecule has 1 N–H and O–H groups in total. The van der Waals surface area contributed by atoms with Crippen LogP contribution in [0.25, 0.3) is 5.65 Å². The number of amides is 1. The molecule has 1 aromatic carbocycles. The van der Waals surface area contributed by atoms with Gasteiger partial charge in [-0.25, -0.2) is 0 Å². The summed E-state index contributed by atoms with van der Waals surface area (Å²) >= 11 is 0. The predicted octanol–water partition coefficient (Wildman–Crippen LogP) is 2.93. The van der Waals surface area contributed by atoms with Crippen molar-refractivity contribution in [2.45, 2.75) is 32.2 Å². The standard InChI is InChI=1S/C18H20N4O/c1-2-8-15(14-9-4-3-5-10-14)18(23)19-13-17-21-20-16-11-6-7-12-22(16)17/h3-7,9-12,15H,2,8,13H2,1H3,(H,19,23). The molecular formula is C18H20N4O. The van der Waals surface area contributed by atoms with Crippen LogP contribution in [0, 0.1) is 0 Å². The topological polar surface area (TPSA) is 59.3 Å². The third-order valence-corrected chi connectivity index (χ3v) is 3.90. The first-order chi connectivity index (χ1) is 11.3. The van der Waals surface area contributed by atoms with Crippen LogP contribution in [-0.2, 0) is 11.3 Å². The van der Waals surface area contributed by atoms with Gasteiger partial charge in [-0.05, 0) is 24.1 Å². The van der Waals surface area contributed by atoms with Gasteiger partial charge in [0.1, 0.15) is 0 Å². The number of benzene rings is 1. The summed E-state index contributed by atoms with van der Waals surface area (Å²) in [5.74, 6) is 0.642. The van der Waals surface area contributed by atoms with Crippen molar-refractivity contribution in [2.75, 3.05) is 0 Å². The molecular weight excluding hydrogens is 288 g/mol. The van der Waals surface area contributed by atoms with Gasteiger partial charge in [0.05, 0.1) is 12.5 Å². The number of nitrogens with zero attached hydrogens (tertiary/aromatic N) is 3. The van der Waals surface area contributed by atoms with Crippen LogP contribution in [-0.4, -0.2) is 20.5 Å². The molecule has 5 nitrogen and oxygen atoms in total. The van der Waals surface area contributed by atoms with Gasteiger partial charge in [-0.1, -0.05) is 49.7 Å². The van der Waals surface area contributed by atoms with E-state index in [1.807, 2.05) is 59.1 Å². The summed E-state index contributed by atoms with van der Waals surface area (Å²) in [5, 5.41) is 11.2. The summed E-state index contributed by atoms with van der Waals surface area (Å²) in [6.07, 6.45) is 3.69. The zero-order valence-corrected chi connectivity index (χ0v) is 13.1. The monoisotopic (exact) mass is 308 g/mol. The van der Waals surface area contributed by atoms with Crippen molar-refractivity contribution in [3.8, 4) is 0 Å². The number of pyridine rings is 1. The number of carbonyl (C=O) groups is 1. The molecule has 3 aromatic rings. The summed E-state index contributed by atoms with van der Waals surface area (Å²) in [5.41, 5.74) is 1.84. The van der Waals surface area contributed by atoms with Crippen LogP contribution >= 0.6 is 0 Å². The lowest BCUT2D eigenvalue weighted by atomic mass is 9.94. The Bertz CT molecular complexity index is 782. The molecule has 0 spiro atoms. The summed E-state index contributed by atoms with van der Waals surface area (Å²) in [7, 11) is 0. The van der Waals surface area contributed by atoms with Crippen LogP contribution in [0.4, 0.5) is 0 Å². The summed E-state index contributed by atoms with van der Waals surface area (Å²) in [4.78, 5) is 12.6. The molecule has 2 aromatic heterocycles. The van der Waals surface area contributed by atoms with E-state index >= 15 is 0 Å². The van der Waals surface area contributed by atoms with Crippen molar-refractivity contribution in [3.63, 3.8) is 0 Å². The maximum atomic E-state index is 12.6. The maximum absolute atomic E-state index is 12.6. The van der Waals surface area contributed by atoms with Gasteiger partial charge in [0.25, 0.3) is 0 Å². The highest BCUT2D eigenvalue weighted by atomic mass is 16.1. The zero-order chi connectivity index (χ0) is 16.1. The van der Waals surface area contributed by atoms with E-state index in [9.17, 15) is 4.79 Å². The molecule has 0 fully saturated rings. The largest absolute Gasteiger partial charge is 0.348 e. The Balaban J connectivity index is 1.72. The molecule has 2 heterocycles. The van der Waals surface area contributed by atoms with Crippen LogP contribution in [0.1, 0.15) is 37.1 Å². The van der Waals surface area contributed by atoms with Gasteiger partial charge in [-0.15, -0.1) is 10.2 Å². The first kappa shape index (κ1) is 15.2. The molecule has 118 valence electrons. The molecule has 1 unspecified atom stereocenters. The van der Waals surface area contributed by atoms with Crippen molar-refractivity contribution < 1.29 is 4.79 Å². The SMILES string of the molecule is CCCC(C(=O)NCc1nnc2ccccn12)c1ccccc1. The number of rotatable bonds is 6. The van der Waals surface area contributed by atoms with Gasteiger partial charge < -0.3 is 5.32 Å². The van der Waals surface area contributed by atoms with E-state index < -0.39 is 0 Å². The highest BCUT2D eigenvalue weighted by Crippen LogP contribution is 2.21. The van der Waals surface area contributed by atoms with Crippen LogP contribution in [0.3, 0.4) is 0 Å². The molecule has 0 aliphatic heterocycles. The first-order valence-electron chi connectivity index (χ1n) is 7.91. The van der Waals surface area contributed by atoms with E-state index in [1.54, 1.807) is 0 Å². The molecule has 1 amide bonds. The van der Waals surface area contributed by atoms with E-state index in [-0.39, 0.29) is 11.8 Å². The third-order valence-electron chi connectivity index (χ3n) is 3.90. The van der Waals surface area contributed by atoms with E-state index in [2.05, 4.69) is 22.4 Å². The quantitative estimate of drug-likeness (QED) is 0.761. The molecule has 0 saturated carbocycles. The Morgan fingerprint density at radius 2 is 1.91 bits per heavy atom. The second-order valence-corrected chi connectivity index (χ2v) is 5.51. The Hall–Kier alpha value is -2.69. The van der Waals surface area contributed by atoms with Crippen molar-refractivity contribution in [3.05, 3.63) is 66.1 Å². The highest BCUT2D eigenvalue weighted by Gasteiger charge is 2.19. The molecule has 3 rings (SSSR count). The predicted molar refractivity (Wildman–Crippen MR) is 88.9 cm³/mol. The normalized spacial score (nSPS) is 12.2. The number of fused-ring (bicyclic) bond motifs is 1. The molecule has 0 saturated heterocycles. The fourth-order valence-corrected chi connectivity index (χ4v) is 2.72. The lowest BCUT2D eigenvalue weighted by Crippen LogP contribution is -2.29. The average Bonchev–Trinajstić information content (AvgIpc) is 3.01. The summed E-state index contributed by atoms with van der Waals surface area (Å²) < 4.78 is 1.89. The van der Waals surface area contributed by atoms with Gasteiger partial charge in [0.2, 0.25) is 5.91 Å². The van der Waals surface area contributed by atoms with Crippen LogP contribution in [0.5, 0.6) is 0 Å². The van der Waals surface area contributed by atoms with Gasteiger partial charge in [-0.3, -0.25) is 9.20 Å². The fraction of sp³-hybridized carbons (Fsp3) is 0.278. The van der Waals surface area contributed by atoms with E-state index in [4.69, 9.17) is 0 Å². The molecule has 23 heavy (non-hydrogen) atoms. The van der Waals surface area contributed by atoms with Gasteiger partial charge in [0.15, 0.2) is 11.5 Å². The van der Waals surface area contributed by atoms with Crippen LogP contribution < -0.4 is 5.32 Å². The van der Waals surface area contributed by atoms with E-state index in [0.29, 0.717) is 6.54 Å². The Morgan fingerprint density at radius 1 is 1.13 bits per heavy atom. The lowest BCUT2D eigenvalue weighted by molar-refractivity contribution is -0.122. The van der Waals surface area contributed by atoms with E-state index in [0.717, 1.165) is 29.9 Å². The Morgan fingerprint density at radius 3 is 2.70 bits per heavy atom. The van der Waals surface area contributed by atoms with Crippen molar-refractivity contribution in [1.29, 1.82) is 0 Å². The molecule has 0 aliphatic rings. The molecule has 1 atom stereocenters. The van der Waals surface area contributed by atoms with Gasteiger partial charge in [-0.2, -0.15) is 0 Å². The van der Waals surface area contributed by atoms with Crippen molar-refractivity contribution >= 4 is 11.6 Å². The van der Waals surface area contributed by atoms with Crippen molar-refractivity contribution in [2.24, 2.45) is 0 Å². The van der Waals surface area contributed by atoms with Crippen molar-refractivity contribution in [1.82, 2.24) is 19.9 Å². The molecule has 0 aliphatic carbocycles. The van der Waals surface area contributed by atoms with Gasteiger partial charge >= 0.3 is 0 Å². The number of nitrogens with one attached hydrogen (secondary N) is 1. The summed E-state index contributed by atoms with van der Waals surface area (Å²) in [6.45, 7) is 2.46. The average molecular weight is 308 g/mol.